The fraction of sp³-hybridized carbons (Fsp3) is 0.0714. The van der Waals surface area contributed by atoms with Gasteiger partial charge in [-0.3, -0.25) is 4.72 Å². The first-order valence-electron chi connectivity index (χ1n) is 6.10. The van der Waals surface area contributed by atoms with Gasteiger partial charge in [-0.25, -0.2) is 22.0 Å². The maximum atomic E-state index is 13.7. The molecule has 2 aromatic rings. The highest BCUT2D eigenvalue weighted by atomic mass is 35.5. The van der Waals surface area contributed by atoms with Gasteiger partial charge in [-0.1, -0.05) is 11.6 Å². The molecule has 0 atom stereocenters. The Kier molecular flexibility index (Phi) is 4.86. The summed E-state index contributed by atoms with van der Waals surface area (Å²) < 4.78 is 57.6. The number of ether oxygens (including phenoxy) is 1. The summed E-state index contributed by atoms with van der Waals surface area (Å²) >= 11 is 5.78. The maximum Gasteiger partial charge on any atom is 0.339 e. The van der Waals surface area contributed by atoms with Crippen LogP contribution in [0.25, 0.3) is 0 Å². The van der Waals surface area contributed by atoms with E-state index in [1.54, 1.807) is 0 Å². The molecule has 0 unspecified atom stereocenters. The zero-order chi connectivity index (χ0) is 17.2. The van der Waals surface area contributed by atoms with Crippen LogP contribution in [0.15, 0.2) is 41.3 Å². The average molecular weight is 362 g/mol. The molecule has 0 saturated heterocycles. The van der Waals surface area contributed by atoms with Gasteiger partial charge in [0.05, 0.1) is 18.4 Å². The van der Waals surface area contributed by atoms with Gasteiger partial charge in [0, 0.05) is 11.1 Å². The van der Waals surface area contributed by atoms with Crippen molar-refractivity contribution < 1.29 is 26.7 Å². The number of methoxy groups -OCH3 is 1. The number of benzene rings is 2. The molecule has 0 spiro atoms. The predicted molar refractivity (Wildman–Crippen MR) is 80.0 cm³/mol. The van der Waals surface area contributed by atoms with Crippen LogP contribution in [0.5, 0.6) is 0 Å². The highest BCUT2D eigenvalue weighted by molar-refractivity contribution is 7.92. The van der Waals surface area contributed by atoms with E-state index in [4.69, 9.17) is 11.6 Å². The molecule has 122 valence electrons. The maximum absolute atomic E-state index is 13.7. The lowest BCUT2D eigenvalue weighted by Gasteiger charge is -2.12. The molecule has 0 fully saturated rings. The first kappa shape index (κ1) is 17.2. The normalized spacial score (nSPS) is 11.1. The number of anilines is 1. The number of sulfonamides is 1. The summed E-state index contributed by atoms with van der Waals surface area (Å²) in [7, 11) is -3.28. The summed E-state index contributed by atoms with van der Waals surface area (Å²) in [5.41, 5.74) is -0.295. The van der Waals surface area contributed by atoms with Gasteiger partial charge in [0.2, 0.25) is 0 Å². The van der Waals surface area contributed by atoms with Crippen LogP contribution in [0.4, 0.5) is 14.5 Å². The molecule has 0 radical (unpaired) electrons. The average Bonchev–Trinajstić information content (AvgIpc) is 2.45. The molecule has 2 aromatic carbocycles. The molecule has 9 heteroatoms. The predicted octanol–water partition coefficient (Wildman–Crippen LogP) is 3.21. The molecule has 0 heterocycles. The Hall–Kier alpha value is -2.19. The van der Waals surface area contributed by atoms with Crippen LogP contribution in [0.3, 0.4) is 0 Å². The fourth-order valence-electron chi connectivity index (χ4n) is 1.78. The van der Waals surface area contributed by atoms with E-state index in [1.165, 1.54) is 18.2 Å². The summed E-state index contributed by atoms with van der Waals surface area (Å²) in [6.45, 7) is 0. The van der Waals surface area contributed by atoms with Crippen molar-refractivity contribution in [1.82, 2.24) is 0 Å². The molecular formula is C14H10ClF2NO4S. The van der Waals surface area contributed by atoms with Crippen LogP contribution >= 0.6 is 11.6 Å². The van der Waals surface area contributed by atoms with Crippen LogP contribution < -0.4 is 4.72 Å². The minimum Gasteiger partial charge on any atom is -0.465 e. The quantitative estimate of drug-likeness (QED) is 0.849. The van der Waals surface area contributed by atoms with E-state index in [0.29, 0.717) is 6.07 Å². The van der Waals surface area contributed by atoms with Crippen molar-refractivity contribution in [3.63, 3.8) is 0 Å². The second-order valence-corrected chi connectivity index (χ2v) is 6.45. The molecule has 5 nitrogen and oxygen atoms in total. The van der Waals surface area contributed by atoms with Crippen LogP contribution in [0.1, 0.15) is 10.4 Å². The summed E-state index contributed by atoms with van der Waals surface area (Å²) in [5.74, 6) is -2.99. The van der Waals surface area contributed by atoms with Gasteiger partial charge >= 0.3 is 5.97 Å². The van der Waals surface area contributed by atoms with E-state index in [2.05, 4.69) is 4.74 Å². The van der Waals surface area contributed by atoms with E-state index in [1.807, 2.05) is 4.72 Å². The standard InChI is InChI=1S/C14H10ClF2NO4S/c1-22-14(19)10-4-2-8(15)6-12(10)18-23(20,21)13-5-3-9(16)7-11(13)17/h2-7,18H,1H3. The zero-order valence-corrected chi connectivity index (χ0v) is 13.2. The Morgan fingerprint density at radius 3 is 2.48 bits per heavy atom. The van der Waals surface area contributed by atoms with Gasteiger partial charge in [0.1, 0.15) is 16.5 Å². The largest absolute Gasteiger partial charge is 0.465 e. The topological polar surface area (TPSA) is 72.5 Å². The molecule has 1 N–H and O–H groups in total. The number of rotatable bonds is 4. The minimum atomic E-state index is -4.40. The van der Waals surface area contributed by atoms with Crippen LogP contribution in [-0.4, -0.2) is 21.5 Å². The first-order chi connectivity index (χ1) is 10.7. The van der Waals surface area contributed by atoms with E-state index in [0.717, 1.165) is 19.2 Å². The Balaban J connectivity index is 2.49. The SMILES string of the molecule is COC(=O)c1ccc(Cl)cc1NS(=O)(=O)c1ccc(F)cc1F. The number of hydrogen-bond donors (Lipinski definition) is 1. The Morgan fingerprint density at radius 2 is 1.87 bits per heavy atom. The van der Waals surface area contributed by atoms with Gasteiger partial charge in [-0.05, 0) is 30.3 Å². The number of nitrogens with one attached hydrogen (secondary N) is 1. The summed E-state index contributed by atoms with van der Waals surface area (Å²) in [4.78, 5) is 10.9. The lowest BCUT2D eigenvalue weighted by molar-refractivity contribution is 0.0602. The number of esters is 1. The molecule has 0 amide bonds. The van der Waals surface area contributed by atoms with E-state index >= 15 is 0 Å². The van der Waals surface area contributed by atoms with Crippen molar-refractivity contribution in [2.24, 2.45) is 0 Å². The second-order valence-electron chi connectivity index (χ2n) is 4.36. The van der Waals surface area contributed by atoms with Gasteiger partial charge in [-0.15, -0.1) is 0 Å². The summed E-state index contributed by atoms with van der Waals surface area (Å²) in [5, 5.41) is 0.148. The molecule has 0 saturated carbocycles. The minimum absolute atomic E-state index is 0.108. The summed E-state index contributed by atoms with van der Waals surface area (Å²) in [6.07, 6.45) is 0. The van der Waals surface area contributed by atoms with Gasteiger partial charge < -0.3 is 4.74 Å². The number of carbonyl (C=O) groups is 1. The number of halogens is 3. The third kappa shape index (κ3) is 3.77. The molecule has 23 heavy (non-hydrogen) atoms. The van der Waals surface area contributed by atoms with Crippen molar-refractivity contribution >= 4 is 33.3 Å². The molecule has 0 aliphatic carbocycles. The molecule has 0 aliphatic rings. The third-order valence-electron chi connectivity index (χ3n) is 2.81. The van der Waals surface area contributed by atoms with Gasteiger partial charge in [0.25, 0.3) is 10.0 Å². The molecule has 2 rings (SSSR count). The first-order valence-corrected chi connectivity index (χ1v) is 7.96. The van der Waals surface area contributed by atoms with Crippen molar-refractivity contribution in [2.75, 3.05) is 11.8 Å². The van der Waals surface area contributed by atoms with Crippen molar-refractivity contribution in [3.8, 4) is 0 Å². The molecule has 0 bridgehead atoms. The smallest absolute Gasteiger partial charge is 0.339 e. The van der Waals surface area contributed by atoms with Crippen LogP contribution in [0.2, 0.25) is 5.02 Å². The van der Waals surface area contributed by atoms with Crippen molar-refractivity contribution in [2.45, 2.75) is 4.90 Å². The lowest BCUT2D eigenvalue weighted by atomic mass is 10.2. The van der Waals surface area contributed by atoms with Crippen LogP contribution in [0, 0.1) is 11.6 Å². The van der Waals surface area contributed by atoms with Crippen molar-refractivity contribution in [3.05, 3.63) is 58.6 Å². The Labute approximate surface area is 135 Å². The number of hydrogen-bond acceptors (Lipinski definition) is 4. The monoisotopic (exact) mass is 361 g/mol. The van der Waals surface area contributed by atoms with Gasteiger partial charge in [-0.2, -0.15) is 0 Å². The fourth-order valence-corrected chi connectivity index (χ4v) is 3.09. The van der Waals surface area contributed by atoms with E-state index in [-0.39, 0.29) is 16.3 Å². The molecular weight excluding hydrogens is 352 g/mol. The summed E-state index contributed by atoms with van der Waals surface area (Å²) in [6, 6.07) is 5.81. The van der Waals surface area contributed by atoms with E-state index < -0.39 is 32.5 Å². The second kappa shape index (κ2) is 6.51. The number of carbonyl (C=O) groups excluding carboxylic acids is 1. The van der Waals surface area contributed by atoms with E-state index in [9.17, 15) is 22.0 Å². The Morgan fingerprint density at radius 1 is 1.17 bits per heavy atom. The lowest BCUT2D eigenvalue weighted by Crippen LogP contribution is -2.17. The highest BCUT2D eigenvalue weighted by Crippen LogP contribution is 2.26. The highest BCUT2D eigenvalue weighted by Gasteiger charge is 2.23. The molecule has 0 aromatic heterocycles. The Bertz CT molecular complexity index is 871. The zero-order valence-electron chi connectivity index (χ0n) is 11.6. The van der Waals surface area contributed by atoms with Crippen molar-refractivity contribution in [1.29, 1.82) is 0 Å². The molecule has 0 aliphatic heterocycles. The third-order valence-corrected chi connectivity index (χ3v) is 4.45. The van der Waals surface area contributed by atoms with Gasteiger partial charge in [0.15, 0.2) is 0 Å². The van der Waals surface area contributed by atoms with Crippen LogP contribution in [-0.2, 0) is 14.8 Å².